The predicted octanol–water partition coefficient (Wildman–Crippen LogP) is 4.30. The molecule has 0 saturated carbocycles. The molecule has 0 fully saturated rings. The molecular weight excluding hydrogens is 284 g/mol. The number of hydrogen-bond donors (Lipinski definition) is 1. The topological polar surface area (TPSA) is 24.9 Å². The van der Waals surface area contributed by atoms with Crippen molar-refractivity contribution in [2.45, 2.75) is 0 Å². The molecule has 0 aliphatic carbocycles. The average Bonchev–Trinajstić information content (AvgIpc) is 2.51. The molecule has 0 saturated heterocycles. The number of benzene rings is 1. The Labute approximate surface area is 99.1 Å². The lowest BCUT2D eigenvalue weighted by atomic mass is 10.3. The highest BCUT2D eigenvalue weighted by Gasteiger charge is 1.99. The zero-order valence-electron chi connectivity index (χ0n) is 7.00. The molecule has 0 unspecified atom stereocenters. The van der Waals surface area contributed by atoms with Crippen LogP contribution in [0.4, 0.5) is 10.8 Å². The van der Waals surface area contributed by atoms with Crippen molar-refractivity contribution in [3.05, 3.63) is 39.3 Å². The normalized spacial score (nSPS) is 10.1. The lowest BCUT2D eigenvalue weighted by Gasteiger charge is -2.01. The van der Waals surface area contributed by atoms with Gasteiger partial charge in [0.05, 0.1) is 0 Å². The van der Waals surface area contributed by atoms with Crippen molar-refractivity contribution in [2.75, 3.05) is 5.32 Å². The van der Waals surface area contributed by atoms with Gasteiger partial charge in [-0.1, -0.05) is 33.6 Å². The van der Waals surface area contributed by atoms with Crippen LogP contribution in [-0.4, -0.2) is 4.98 Å². The van der Waals surface area contributed by atoms with Crippen LogP contribution in [0.2, 0.25) is 5.15 Å². The summed E-state index contributed by atoms with van der Waals surface area (Å²) in [7, 11) is 0. The van der Waals surface area contributed by atoms with Crippen molar-refractivity contribution in [1.29, 1.82) is 0 Å². The Kier molecular flexibility index (Phi) is 3.05. The molecule has 0 aliphatic heterocycles. The fourth-order valence-electron chi connectivity index (χ4n) is 1.00. The molecule has 0 bridgehead atoms. The first-order valence-corrected chi connectivity index (χ1v) is 5.93. The largest absolute Gasteiger partial charge is 0.331 e. The van der Waals surface area contributed by atoms with Crippen molar-refractivity contribution in [3.8, 4) is 0 Å². The number of thiazole rings is 1. The van der Waals surface area contributed by atoms with E-state index in [-0.39, 0.29) is 0 Å². The van der Waals surface area contributed by atoms with E-state index in [9.17, 15) is 0 Å². The van der Waals surface area contributed by atoms with E-state index in [2.05, 4.69) is 26.2 Å². The van der Waals surface area contributed by atoms with Gasteiger partial charge in [0.2, 0.25) is 0 Å². The molecule has 2 nitrogen and oxygen atoms in total. The number of hydrogen-bond acceptors (Lipinski definition) is 3. The van der Waals surface area contributed by atoms with Gasteiger partial charge in [-0.05, 0) is 18.2 Å². The Bertz CT molecular complexity index is 444. The summed E-state index contributed by atoms with van der Waals surface area (Å²) in [5.41, 5.74) is 0.991. The first-order valence-electron chi connectivity index (χ1n) is 3.88. The van der Waals surface area contributed by atoms with Crippen LogP contribution >= 0.6 is 38.9 Å². The maximum Gasteiger partial charge on any atom is 0.188 e. The molecule has 0 radical (unpaired) electrons. The standard InChI is InChI=1S/C9H6BrClN2S/c10-6-2-1-3-7(4-6)12-9-13-8(11)5-14-9/h1-5H,(H,12,13). The second-order valence-corrected chi connectivity index (χ2v) is 4.77. The van der Waals surface area contributed by atoms with Gasteiger partial charge in [0.15, 0.2) is 5.13 Å². The van der Waals surface area contributed by atoms with Crippen molar-refractivity contribution in [1.82, 2.24) is 4.98 Å². The smallest absolute Gasteiger partial charge is 0.188 e. The van der Waals surface area contributed by atoms with Crippen molar-refractivity contribution in [2.24, 2.45) is 0 Å². The highest BCUT2D eigenvalue weighted by molar-refractivity contribution is 9.10. The summed E-state index contributed by atoms with van der Waals surface area (Å²) in [6.45, 7) is 0. The molecule has 1 aromatic heterocycles. The Morgan fingerprint density at radius 2 is 2.29 bits per heavy atom. The van der Waals surface area contributed by atoms with Crippen LogP contribution < -0.4 is 5.32 Å². The minimum Gasteiger partial charge on any atom is -0.331 e. The minimum atomic E-state index is 0.521. The first kappa shape index (κ1) is 9.96. The van der Waals surface area contributed by atoms with Gasteiger partial charge in [0, 0.05) is 15.5 Å². The predicted molar refractivity (Wildman–Crippen MR) is 64.5 cm³/mol. The Morgan fingerprint density at radius 1 is 1.43 bits per heavy atom. The van der Waals surface area contributed by atoms with E-state index in [0.29, 0.717) is 5.15 Å². The molecule has 0 amide bonds. The maximum absolute atomic E-state index is 5.71. The van der Waals surface area contributed by atoms with Gasteiger partial charge in [-0.15, -0.1) is 11.3 Å². The summed E-state index contributed by atoms with van der Waals surface area (Å²) >= 11 is 10.6. The number of halogens is 2. The van der Waals surface area contributed by atoms with E-state index >= 15 is 0 Å². The molecule has 5 heteroatoms. The first-order chi connectivity index (χ1) is 6.74. The summed E-state index contributed by atoms with van der Waals surface area (Å²) in [5.74, 6) is 0. The highest BCUT2D eigenvalue weighted by atomic mass is 79.9. The molecule has 2 rings (SSSR count). The molecule has 0 spiro atoms. The van der Waals surface area contributed by atoms with Gasteiger partial charge < -0.3 is 5.32 Å². The number of rotatable bonds is 2. The third kappa shape index (κ3) is 2.47. The van der Waals surface area contributed by atoms with Crippen LogP contribution in [0.5, 0.6) is 0 Å². The van der Waals surface area contributed by atoms with Crippen LogP contribution in [0.25, 0.3) is 0 Å². The van der Waals surface area contributed by atoms with E-state index in [1.807, 2.05) is 24.3 Å². The van der Waals surface area contributed by atoms with Gasteiger partial charge in [0.1, 0.15) is 5.15 Å². The van der Waals surface area contributed by atoms with E-state index in [1.54, 1.807) is 5.38 Å². The molecule has 2 aromatic rings. The molecule has 14 heavy (non-hydrogen) atoms. The molecule has 1 N–H and O–H groups in total. The summed E-state index contributed by atoms with van der Waals surface area (Å²) in [6, 6.07) is 7.89. The van der Waals surface area contributed by atoms with Crippen molar-refractivity contribution < 1.29 is 0 Å². The second kappa shape index (κ2) is 4.29. The Hall–Kier alpha value is -0.580. The molecule has 0 atom stereocenters. The molecule has 72 valence electrons. The lowest BCUT2D eigenvalue weighted by molar-refractivity contribution is 1.39. The third-order valence-electron chi connectivity index (χ3n) is 1.55. The zero-order chi connectivity index (χ0) is 9.97. The molecule has 1 aromatic carbocycles. The number of nitrogens with one attached hydrogen (secondary N) is 1. The van der Waals surface area contributed by atoms with Crippen LogP contribution in [0, 0.1) is 0 Å². The van der Waals surface area contributed by atoms with Crippen molar-refractivity contribution in [3.63, 3.8) is 0 Å². The number of aromatic nitrogens is 1. The Morgan fingerprint density at radius 3 is 2.93 bits per heavy atom. The third-order valence-corrected chi connectivity index (χ3v) is 3.13. The second-order valence-electron chi connectivity index (χ2n) is 2.61. The van der Waals surface area contributed by atoms with E-state index in [1.165, 1.54) is 11.3 Å². The van der Waals surface area contributed by atoms with Gasteiger partial charge >= 0.3 is 0 Å². The monoisotopic (exact) mass is 288 g/mol. The van der Waals surface area contributed by atoms with Crippen LogP contribution in [0.3, 0.4) is 0 Å². The van der Waals surface area contributed by atoms with Gasteiger partial charge in [-0.2, -0.15) is 0 Å². The maximum atomic E-state index is 5.71. The SMILES string of the molecule is Clc1csc(Nc2cccc(Br)c2)n1. The number of anilines is 2. The van der Waals surface area contributed by atoms with Gasteiger partial charge in [-0.25, -0.2) is 4.98 Å². The summed E-state index contributed by atoms with van der Waals surface area (Å²) in [5, 5.41) is 6.27. The molecular formula is C9H6BrClN2S. The summed E-state index contributed by atoms with van der Waals surface area (Å²) < 4.78 is 1.03. The quantitative estimate of drug-likeness (QED) is 0.891. The average molecular weight is 290 g/mol. The fraction of sp³-hybridized carbons (Fsp3) is 0. The summed E-state index contributed by atoms with van der Waals surface area (Å²) in [4.78, 5) is 4.09. The molecule has 1 heterocycles. The summed E-state index contributed by atoms with van der Waals surface area (Å²) in [6.07, 6.45) is 0. The highest BCUT2D eigenvalue weighted by Crippen LogP contribution is 2.24. The fourth-order valence-corrected chi connectivity index (χ4v) is 2.26. The van der Waals surface area contributed by atoms with Gasteiger partial charge in [-0.3, -0.25) is 0 Å². The van der Waals surface area contributed by atoms with E-state index in [0.717, 1.165) is 15.3 Å². The van der Waals surface area contributed by atoms with Gasteiger partial charge in [0.25, 0.3) is 0 Å². The zero-order valence-corrected chi connectivity index (χ0v) is 10.2. The number of nitrogens with zero attached hydrogens (tertiary/aromatic N) is 1. The Balaban J connectivity index is 2.18. The van der Waals surface area contributed by atoms with Crippen LogP contribution in [-0.2, 0) is 0 Å². The van der Waals surface area contributed by atoms with Crippen LogP contribution in [0.1, 0.15) is 0 Å². The van der Waals surface area contributed by atoms with Crippen LogP contribution in [0.15, 0.2) is 34.1 Å². The molecule has 0 aliphatic rings. The van der Waals surface area contributed by atoms with Crippen molar-refractivity contribution >= 4 is 49.7 Å². The van der Waals surface area contributed by atoms with E-state index < -0.39 is 0 Å². The lowest BCUT2D eigenvalue weighted by Crippen LogP contribution is -1.88. The minimum absolute atomic E-state index is 0.521. The van der Waals surface area contributed by atoms with E-state index in [4.69, 9.17) is 11.6 Å².